The highest BCUT2D eigenvalue weighted by atomic mass is 79.9. The van der Waals surface area contributed by atoms with Crippen molar-refractivity contribution in [2.45, 2.75) is 6.92 Å². The third kappa shape index (κ3) is 4.30. The Balaban J connectivity index is 2.58. The molecule has 3 N–H and O–H groups in total. The Labute approximate surface area is 115 Å². The van der Waals surface area contributed by atoms with Crippen molar-refractivity contribution in [3.63, 3.8) is 0 Å². The summed E-state index contributed by atoms with van der Waals surface area (Å²) in [4.78, 5) is 11.7. The zero-order valence-corrected chi connectivity index (χ0v) is 12.3. The zero-order valence-electron chi connectivity index (χ0n) is 9.94. The summed E-state index contributed by atoms with van der Waals surface area (Å²) in [6, 6.07) is 4.82. The summed E-state index contributed by atoms with van der Waals surface area (Å²) in [7, 11) is -3.06. The van der Waals surface area contributed by atoms with Gasteiger partial charge in [-0.3, -0.25) is 4.79 Å². The molecule has 0 radical (unpaired) electrons. The molecule has 5 nitrogen and oxygen atoms in total. The Hall–Kier alpha value is -1.08. The zero-order chi connectivity index (χ0) is 13.8. The van der Waals surface area contributed by atoms with Gasteiger partial charge in [0, 0.05) is 28.0 Å². The smallest absolute Gasteiger partial charge is 0.251 e. The number of rotatable bonds is 5. The van der Waals surface area contributed by atoms with E-state index in [1.54, 1.807) is 19.1 Å². The second-order valence-electron chi connectivity index (χ2n) is 3.73. The van der Waals surface area contributed by atoms with Gasteiger partial charge in [-0.2, -0.15) is 0 Å². The first-order chi connectivity index (χ1) is 8.35. The minimum atomic E-state index is -3.06. The number of sulfone groups is 1. The fraction of sp³-hybridized carbons (Fsp3) is 0.364. The number of carbonyl (C=O) groups excluding carboxylic acids is 1. The maximum Gasteiger partial charge on any atom is 0.251 e. The Kier molecular flexibility index (Phi) is 5.15. The van der Waals surface area contributed by atoms with Crippen molar-refractivity contribution in [1.82, 2.24) is 5.32 Å². The third-order valence-corrected chi connectivity index (χ3v) is 4.82. The molecule has 0 spiro atoms. The second-order valence-corrected chi connectivity index (χ2v) is 7.06. The van der Waals surface area contributed by atoms with Crippen LogP contribution >= 0.6 is 15.9 Å². The molecule has 1 amide bonds. The molecule has 0 fully saturated rings. The number of halogens is 1. The van der Waals surface area contributed by atoms with Crippen LogP contribution in [0.4, 0.5) is 5.69 Å². The fourth-order valence-corrected chi connectivity index (χ4v) is 2.20. The summed E-state index contributed by atoms with van der Waals surface area (Å²) >= 11 is 3.23. The first kappa shape index (κ1) is 15.0. The maximum atomic E-state index is 11.7. The molecule has 7 heteroatoms. The van der Waals surface area contributed by atoms with E-state index in [2.05, 4.69) is 21.2 Å². The van der Waals surface area contributed by atoms with Crippen molar-refractivity contribution in [3.8, 4) is 0 Å². The number of amides is 1. The topological polar surface area (TPSA) is 89.3 Å². The molecule has 18 heavy (non-hydrogen) atoms. The maximum absolute atomic E-state index is 11.7. The average molecular weight is 335 g/mol. The van der Waals surface area contributed by atoms with E-state index in [1.165, 1.54) is 6.07 Å². The van der Waals surface area contributed by atoms with Gasteiger partial charge in [0.2, 0.25) is 0 Å². The number of carbonyl (C=O) groups is 1. The molecule has 0 saturated carbocycles. The van der Waals surface area contributed by atoms with Crippen LogP contribution in [-0.2, 0) is 9.84 Å². The SMILES string of the molecule is CCS(=O)(=O)CCNC(=O)c1ccc(Br)c(N)c1. The molecule has 1 rings (SSSR count). The molecule has 0 aromatic heterocycles. The Morgan fingerprint density at radius 1 is 1.44 bits per heavy atom. The van der Waals surface area contributed by atoms with Gasteiger partial charge in [-0.05, 0) is 34.1 Å². The van der Waals surface area contributed by atoms with E-state index in [-0.39, 0.29) is 24.0 Å². The van der Waals surface area contributed by atoms with Crippen LogP contribution in [0.5, 0.6) is 0 Å². The Bertz CT molecular complexity index is 543. The number of hydrogen-bond acceptors (Lipinski definition) is 4. The minimum Gasteiger partial charge on any atom is -0.398 e. The lowest BCUT2D eigenvalue weighted by atomic mass is 10.2. The minimum absolute atomic E-state index is 0.0543. The fourth-order valence-electron chi connectivity index (χ4n) is 1.25. The van der Waals surface area contributed by atoms with Crippen LogP contribution in [0, 0.1) is 0 Å². The highest BCUT2D eigenvalue weighted by molar-refractivity contribution is 9.10. The lowest BCUT2D eigenvalue weighted by molar-refractivity contribution is 0.0956. The molecule has 0 aliphatic rings. The van der Waals surface area contributed by atoms with Gasteiger partial charge in [0.1, 0.15) is 0 Å². The number of nitrogens with two attached hydrogens (primary N) is 1. The number of nitrogens with one attached hydrogen (secondary N) is 1. The van der Waals surface area contributed by atoms with Gasteiger partial charge in [-0.15, -0.1) is 0 Å². The summed E-state index contributed by atoms with van der Waals surface area (Å²) in [5, 5.41) is 2.55. The van der Waals surface area contributed by atoms with Crippen molar-refractivity contribution in [3.05, 3.63) is 28.2 Å². The van der Waals surface area contributed by atoms with E-state index in [1.807, 2.05) is 0 Å². The highest BCUT2D eigenvalue weighted by Crippen LogP contribution is 2.19. The van der Waals surface area contributed by atoms with Crippen LogP contribution in [0.2, 0.25) is 0 Å². The summed E-state index contributed by atoms with van der Waals surface area (Å²) in [5.41, 5.74) is 6.52. The van der Waals surface area contributed by atoms with E-state index in [0.29, 0.717) is 15.7 Å². The van der Waals surface area contributed by atoms with E-state index >= 15 is 0 Å². The lowest BCUT2D eigenvalue weighted by Gasteiger charge is -2.06. The molecule has 0 heterocycles. The highest BCUT2D eigenvalue weighted by Gasteiger charge is 2.10. The number of anilines is 1. The van der Waals surface area contributed by atoms with Gasteiger partial charge in [-0.25, -0.2) is 8.42 Å². The predicted molar refractivity (Wildman–Crippen MR) is 75.2 cm³/mol. The van der Waals surface area contributed by atoms with Gasteiger partial charge >= 0.3 is 0 Å². The summed E-state index contributed by atoms with van der Waals surface area (Å²) in [6.07, 6.45) is 0. The molecule has 0 aliphatic carbocycles. The van der Waals surface area contributed by atoms with Crippen molar-refractivity contribution in [2.75, 3.05) is 23.8 Å². The van der Waals surface area contributed by atoms with Crippen molar-refractivity contribution in [1.29, 1.82) is 0 Å². The number of nitrogen functional groups attached to an aromatic ring is 1. The predicted octanol–water partition coefficient (Wildman–Crippen LogP) is 1.20. The first-order valence-electron chi connectivity index (χ1n) is 5.39. The van der Waals surface area contributed by atoms with Gasteiger partial charge in [0.15, 0.2) is 9.84 Å². The second kappa shape index (κ2) is 6.19. The summed E-state index contributed by atoms with van der Waals surface area (Å²) in [6.45, 7) is 1.68. The molecule has 1 aromatic rings. The van der Waals surface area contributed by atoms with Crippen molar-refractivity contribution < 1.29 is 13.2 Å². The Morgan fingerprint density at radius 3 is 2.67 bits per heavy atom. The number of benzene rings is 1. The monoisotopic (exact) mass is 334 g/mol. The molecule has 0 saturated heterocycles. The Morgan fingerprint density at radius 2 is 2.11 bits per heavy atom. The molecule has 1 aromatic carbocycles. The van der Waals surface area contributed by atoms with E-state index in [0.717, 1.165) is 0 Å². The lowest BCUT2D eigenvalue weighted by Crippen LogP contribution is -2.29. The van der Waals surface area contributed by atoms with Crippen LogP contribution in [0.1, 0.15) is 17.3 Å². The van der Waals surface area contributed by atoms with Crippen molar-refractivity contribution >= 4 is 37.4 Å². The summed E-state index contributed by atoms with van der Waals surface area (Å²) < 4.78 is 23.2. The van der Waals surface area contributed by atoms with Gasteiger partial charge in [0.05, 0.1) is 5.75 Å². The average Bonchev–Trinajstić information content (AvgIpc) is 2.32. The van der Waals surface area contributed by atoms with E-state index in [9.17, 15) is 13.2 Å². The third-order valence-electron chi connectivity index (χ3n) is 2.40. The molecule has 0 unspecified atom stereocenters. The van der Waals surface area contributed by atoms with Gasteiger partial charge < -0.3 is 11.1 Å². The largest absolute Gasteiger partial charge is 0.398 e. The molecule has 0 atom stereocenters. The van der Waals surface area contributed by atoms with E-state index < -0.39 is 9.84 Å². The van der Waals surface area contributed by atoms with Crippen LogP contribution in [0.15, 0.2) is 22.7 Å². The van der Waals surface area contributed by atoms with Crippen LogP contribution in [0.3, 0.4) is 0 Å². The quantitative estimate of drug-likeness (QED) is 0.791. The standard InChI is InChI=1S/C11H15BrN2O3S/c1-2-18(16,17)6-5-14-11(15)8-3-4-9(12)10(13)7-8/h3-4,7H,2,5-6,13H2,1H3,(H,14,15). The molecular formula is C11H15BrN2O3S. The number of hydrogen-bond donors (Lipinski definition) is 2. The van der Waals surface area contributed by atoms with Gasteiger partial charge in [-0.1, -0.05) is 6.92 Å². The van der Waals surface area contributed by atoms with Crippen molar-refractivity contribution in [2.24, 2.45) is 0 Å². The van der Waals surface area contributed by atoms with Crippen LogP contribution in [0.25, 0.3) is 0 Å². The normalized spacial score (nSPS) is 11.2. The summed E-state index contributed by atoms with van der Waals surface area (Å²) in [5.74, 6) is -0.310. The van der Waals surface area contributed by atoms with Crippen LogP contribution < -0.4 is 11.1 Å². The van der Waals surface area contributed by atoms with Gasteiger partial charge in [0.25, 0.3) is 5.91 Å². The first-order valence-corrected chi connectivity index (χ1v) is 8.01. The molecule has 0 bridgehead atoms. The molecule has 0 aliphatic heterocycles. The molecular weight excluding hydrogens is 320 g/mol. The molecule has 100 valence electrons. The van der Waals surface area contributed by atoms with E-state index in [4.69, 9.17) is 5.73 Å². The van der Waals surface area contributed by atoms with Crippen LogP contribution in [-0.4, -0.2) is 32.4 Å².